The minimum atomic E-state index is 0.705. The minimum Gasteiger partial charge on any atom is -0.355 e. The van der Waals surface area contributed by atoms with Crippen LogP contribution in [0.3, 0.4) is 0 Å². The number of hydrogen-bond donors (Lipinski definition) is 1. The van der Waals surface area contributed by atoms with E-state index in [1.54, 1.807) is 0 Å². The maximum atomic E-state index is 4.70. The number of aromatic nitrogens is 1. The van der Waals surface area contributed by atoms with Crippen LogP contribution in [0.2, 0.25) is 0 Å². The first-order valence-electron chi connectivity index (χ1n) is 8.41. The minimum absolute atomic E-state index is 0.705. The van der Waals surface area contributed by atoms with Crippen molar-refractivity contribution in [3.8, 4) is 0 Å². The lowest BCUT2D eigenvalue weighted by atomic mass is 10.1. The molecule has 0 aliphatic carbocycles. The Balaban J connectivity index is 1.74. The van der Waals surface area contributed by atoms with E-state index < -0.39 is 0 Å². The van der Waals surface area contributed by atoms with Crippen LogP contribution in [0.1, 0.15) is 38.2 Å². The molecule has 2 aliphatic heterocycles. The van der Waals surface area contributed by atoms with Gasteiger partial charge in [-0.1, -0.05) is 13.0 Å². The average molecular weight is 288 g/mol. The van der Waals surface area contributed by atoms with Gasteiger partial charge in [0.05, 0.1) is 0 Å². The Labute approximate surface area is 128 Å². The molecule has 2 atom stereocenters. The van der Waals surface area contributed by atoms with Crippen molar-refractivity contribution in [3.05, 3.63) is 23.9 Å². The standard InChI is InChI=1S/C17H28N4/c1-3-9-18-12-14-5-4-10-19-17(14)21-11-8-15-6-7-16(13-21)20(15)2/h4-5,10,15-16,18H,3,6-9,11-13H2,1-2H3. The summed E-state index contributed by atoms with van der Waals surface area (Å²) in [5.74, 6) is 1.20. The van der Waals surface area contributed by atoms with Crippen molar-refractivity contribution in [2.45, 2.75) is 51.2 Å². The quantitative estimate of drug-likeness (QED) is 0.842. The fourth-order valence-corrected chi connectivity index (χ4v) is 3.75. The largest absolute Gasteiger partial charge is 0.355 e. The fourth-order valence-electron chi connectivity index (χ4n) is 3.75. The third kappa shape index (κ3) is 3.22. The second kappa shape index (κ2) is 6.75. The highest BCUT2D eigenvalue weighted by molar-refractivity contribution is 5.47. The van der Waals surface area contributed by atoms with Gasteiger partial charge in [0, 0.05) is 43.5 Å². The summed E-state index contributed by atoms with van der Waals surface area (Å²) < 4.78 is 0. The molecule has 2 bridgehead atoms. The highest BCUT2D eigenvalue weighted by Gasteiger charge is 2.35. The molecule has 116 valence electrons. The lowest BCUT2D eigenvalue weighted by Gasteiger charge is -2.28. The molecular formula is C17H28N4. The second-order valence-electron chi connectivity index (χ2n) is 6.45. The average Bonchev–Trinajstić information content (AvgIpc) is 2.73. The van der Waals surface area contributed by atoms with E-state index >= 15 is 0 Å². The maximum Gasteiger partial charge on any atom is 0.133 e. The van der Waals surface area contributed by atoms with E-state index in [-0.39, 0.29) is 0 Å². The SMILES string of the molecule is CCCNCc1cccnc1N1CCC2CCC(C1)N2C. The number of rotatable bonds is 5. The van der Waals surface area contributed by atoms with Gasteiger partial charge in [-0.3, -0.25) is 4.90 Å². The molecule has 21 heavy (non-hydrogen) atoms. The molecule has 2 saturated heterocycles. The van der Waals surface area contributed by atoms with Crippen LogP contribution in [0.4, 0.5) is 5.82 Å². The van der Waals surface area contributed by atoms with E-state index in [0.717, 1.165) is 32.2 Å². The highest BCUT2D eigenvalue weighted by Crippen LogP contribution is 2.31. The third-order valence-electron chi connectivity index (χ3n) is 5.06. The van der Waals surface area contributed by atoms with Gasteiger partial charge in [0.1, 0.15) is 5.82 Å². The number of fused-ring (bicyclic) bond motifs is 2. The van der Waals surface area contributed by atoms with Crippen molar-refractivity contribution in [1.29, 1.82) is 0 Å². The first-order valence-corrected chi connectivity index (χ1v) is 8.41. The third-order valence-corrected chi connectivity index (χ3v) is 5.06. The van der Waals surface area contributed by atoms with Gasteiger partial charge in [0.15, 0.2) is 0 Å². The Morgan fingerprint density at radius 3 is 3.00 bits per heavy atom. The normalized spacial score (nSPS) is 26.1. The monoisotopic (exact) mass is 288 g/mol. The van der Waals surface area contributed by atoms with E-state index in [2.05, 4.69) is 41.2 Å². The first kappa shape index (κ1) is 14.8. The molecule has 1 aromatic rings. The number of nitrogens with zero attached hydrogens (tertiary/aromatic N) is 3. The molecule has 0 amide bonds. The zero-order chi connectivity index (χ0) is 14.7. The van der Waals surface area contributed by atoms with E-state index in [0.29, 0.717) is 6.04 Å². The molecule has 2 unspecified atom stereocenters. The molecule has 3 heterocycles. The van der Waals surface area contributed by atoms with Gasteiger partial charge < -0.3 is 10.2 Å². The van der Waals surface area contributed by atoms with Crippen molar-refractivity contribution < 1.29 is 0 Å². The molecular weight excluding hydrogens is 260 g/mol. The lowest BCUT2D eigenvalue weighted by molar-refractivity contribution is 0.254. The van der Waals surface area contributed by atoms with Crippen LogP contribution in [-0.4, -0.2) is 48.6 Å². The van der Waals surface area contributed by atoms with E-state index in [4.69, 9.17) is 4.98 Å². The number of nitrogens with one attached hydrogen (secondary N) is 1. The van der Waals surface area contributed by atoms with Crippen LogP contribution < -0.4 is 10.2 Å². The summed E-state index contributed by atoms with van der Waals surface area (Å²) in [5, 5.41) is 3.51. The number of likely N-dealkylation sites (N-methyl/N-ethyl adjacent to an activating group) is 1. The summed E-state index contributed by atoms with van der Waals surface area (Å²) in [6, 6.07) is 5.77. The number of anilines is 1. The molecule has 4 heteroatoms. The molecule has 3 rings (SSSR count). The fraction of sp³-hybridized carbons (Fsp3) is 0.706. The topological polar surface area (TPSA) is 31.4 Å². The van der Waals surface area contributed by atoms with Crippen LogP contribution >= 0.6 is 0 Å². The van der Waals surface area contributed by atoms with Crippen LogP contribution in [0.5, 0.6) is 0 Å². The van der Waals surface area contributed by atoms with E-state index in [1.807, 2.05) is 6.20 Å². The Kier molecular flexibility index (Phi) is 4.76. The van der Waals surface area contributed by atoms with Crippen LogP contribution in [0.15, 0.2) is 18.3 Å². The molecule has 0 saturated carbocycles. The lowest BCUT2D eigenvalue weighted by Crippen LogP contribution is -2.37. The van der Waals surface area contributed by atoms with Gasteiger partial charge in [0.2, 0.25) is 0 Å². The van der Waals surface area contributed by atoms with Crippen molar-refractivity contribution >= 4 is 5.82 Å². The zero-order valence-electron chi connectivity index (χ0n) is 13.4. The summed E-state index contributed by atoms with van der Waals surface area (Å²) in [7, 11) is 2.30. The van der Waals surface area contributed by atoms with Crippen molar-refractivity contribution in [2.24, 2.45) is 0 Å². The predicted molar refractivity (Wildman–Crippen MR) is 87.6 cm³/mol. The molecule has 2 aliphatic rings. The van der Waals surface area contributed by atoms with Crippen LogP contribution in [-0.2, 0) is 6.54 Å². The molecule has 1 aromatic heterocycles. The Hall–Kier alpha value is -1.13. The first-order chi connectivity index (χ1) is 10.3. The Bertz CT molecular complexity index is 462. The van der Waals surface area contributed by atoms with Gasteiger partial charge in [-0.25, -0.2) is 4.98 Å². The second-order valence-corrected chi connectivity index (χ2v) is 6.45. The molecule has 2 fully saturated rings. The molecule has 4 nitrogen and oxygen atoms in total. The summed E-state index contributed by atoms with van der Waals surface area (Å²) in [5.41, 5.74) is 1.34. The molecule has 1 N–H and O–H groups in total. The Morgan fingerprint density at radius 2 is 2.14 bits per heavy atom. The summed E-state index contributed by atoms with van der Waals surface area (Å²) in [6.45, 7) is 6.48. The smallest absolute Gasteiger partial charge is 0.133 e. The predicted octanol–water partition coefficient (Wildman–Crippen LogP) is 2.25. The van der Waals surface area contributed by atoms with Gasteiger partial charge in [-0.05, 0) is 45.3 Å². The van der Waals surface area contributed by atoms with Crippen LogP contribution in [0.25, 0.3) is 0 Å². The zero-order valence-corrected chi connectivity index (χ0v) is 13.4. The Morgan fingerprint density at radius 1 is 1.29 bits per heavy atom. The molecule has 0 aromatic carbocycles. The molecule has 0 radical (unpaired) electrons. The number of hydrogen-bond acceptors (Lipinski definition) is 4. The van der Waals surface area contributed by atoms with Gasteiger partial charge >= 0.3 is 0 Å². The van der Waals surface area contributed by atoms with Crippen LogP contribution in [0, 0.1) is 0 Å². The van der Waals surface area contributed by atoms with Gasteiger partial charge in [-0.2, -0.15) is 0 Å². The van der Waals surface area contributed by atoms with E-state index in [1.165, 1.54) is 37.1 Å². The summed E-state index contributed by atoms with van der Waals surface area (Å²) >= 11 is 0. The van der Waals surface area contributed by atoms with Crippen molar-refractivity contribution in [1.82, 2.24) is 15.2 Å². The summed E-state index contributed by atoms with van der Waals surface area (Å²) in [6.07, 6.45) is 7.10. The van der Waals surface area contributed by atoms with Gasteiger partial charge in [-0.15, -0.1) is 0 Å². The van der Waals surface area contributed by atoms with Gasteiger partial charge in [0.25, 0.3) is 0 Å². The number of pyridine rings is 1. The maximum absolute atomic E-state index is 4.70. The highest BCUT2D eigenvalue weighted by atomic mass is 15.3. The van der Waals surface area contributed by atoms with E-state index in [9.17, 15) is 0 Å². The molecule has 0 spiro atoms. The van der Waals surface area contributed by atoms with Crippen molar-refractivity contribution in [3.63, 3.8) is 0 Å². The summed E-state index contributed by atoms with van der Waals surface area (Å²) in [4.78, 5) is 9.81. The van der Waals surface area contributed by atoms with Crippen molar-refractivity contribution in [2.75, 3.05) is 31.6 Å².